The van der Waals surface area contributed by atoms with Crippen LogP contribution in [0.2, 0.25) is 0 Å². The second-order valence-electron chi connectivity index (χ2n) is 3.97. The lowest BCUT2D eigenvalue weighted by molar-refractivity contribution is 0.0552. The largest absolute Gasteiger partial charge is 0.327 e. The Morgan fingerprint density at radius 2 is 1.50 bits per heavy atom. The Morgan fingerprint density at radius 3 is 1.86 bits per heavy atom. The van der Waals surface area contributed by atoms with Gasteiger partial charge in [0.2, 0.25) is 0 Å². The Bertz CT molecular complexity index is 138. The van der Waals surface area contributed by atoms with Crippen molar-refractivity contribution in [1.82, 2.24) is 9.80 Å². The highest BCUT2D eigenvalue weighted by molar-refractivity contribution is 4.74. The third-order valence-electron chi connectivity index (χ3n) is 2.41. The van der Waals surface area contributed by atoms with Gasteiger partial charge in [-0.3, -0.25) is 9.80 Å². The summed E-state index contributed by atoms with van der Waals surface area (Å²) in [5, 5.41) is 0. The predicted octanol–water partition coefficient (Wildman–Crippen LogP) is 0.216. The second-order valence-corrected chi connectivity index (χ2v) is 3.97. The van der Waals surface area contributed by atoms with Crippen LogP contribution in [0.3, 0.4) is 0 Å². The van der Waals surface area contributed by atoms with E-state index in [1.165, 1.54) is 0 Å². The Hall–Kier alpha value is -0.260. The first-order valence-electron chi connectivity index (χ1n) is 5.06. The van der Waals surface area contributed by atoms with Crippen LogP contribution >= 0.6 is 0 Å². The van der Waals surface area contributed by atoms with Crippen LogP contribution in [-0.4, -0.2) is 61.5 Å². The molecule has 1 rings (SSSR count). The lowest BCUT2D eigenvalue weighted by Crippen LogP contribution is -2.50. The smallest absolute Gasteiger partial charge is 0.251 e. The van der Waals surface area contributed by atoms with Crippen LogP contribution < -0.4 is 5.73 Å². The average Bonchev–Trinajstić information content (AvgIpc) is 2.06. The first kappa shape index (κ1) is 11.8. The van der Waals surface area contributed by atoms with Gasteiger partial charge in [0.25, 0.3) is 6.43 Å². The van der Waals surface area contributed by atoms with Gasteiger partial charge >= 0.3 is 0 Å². The van der Waals surface area contributed by atoms with E-state index in [0.717, 1.165) is 32.7 Å². The molecule has 5 heteroatoms. The predicted molar refractivity (Wildman–Crippen MR) is 52.5 cm³/mol. The third kappa shape index (κ3) is 4.30. The van der Waals surface area contributed by atoms with Crippen molar-refractivity contribution >= 4 is 0 Å². The summed E-state index contributed by atoms with van der Waals surface area (Å²) in [4.78, 5) is 4.04. The highest BCUT2D eigenvalue weighted by atomic mass is 19.3. The first-order valence-corrected chi connectivity index (χ1v) is 5.06. The number of halogens is 2. The van der Waals surface area contributed by atoms with Gasteiger partial charge in [-0.05, 0) is 6.92 Å². The maximum atomic E-state index is 12.1. The molecule has 0 bridgehead atoms. The van der Waals surface area contributed by atoms with E-state index in [-0.39, 0.29) is 12.6 Å². The molecule has 0 saturated carbocycles. The summed E-state index contributed by atoms with van der Waals surface area (Å²) in [7, 11) is 0. The Balaban J connectivity index is 2.17. The second kappa shape index (κ2) is 5.58. The Labute approximate surface area is 83.8 Å². The highest BCUT2D eigenvalue weighted by Crippen LogP contribution is 2.04. The summed E-state index contributed by atoms with van der Waals surface area (Å²) in [6.45, 7) is 5.91. The third-order valence-corrected chi connectivity index (χ3v) is 2.41. The van der Waals surface area contributed by atoms with Crippen molar-refractivity contribution in [3.8, 4) is 0 Å². The van der Waals surface area contributed by atoms with Crippen molar-refractivity contribution in [2.45, 2.75) is 19.4 Å². The minimum absolute atomic E-state index is 0.0913. The minimum Gasteiger partial charge on any atom is -0.327 e. The molecule has 1 atom stereocenters. The normalized spacial score (nSPS) is 22.9. The lowest BCUT2D eigenvalue weighted by atomic mass is 10.2. The molecule has 0 aliphatic carbocycles. The quantitative estimate of drug-likeness (QED) is 0.715. The molecule has 0 amide bonds. The molecule has 2 N–H and O–H groups in total. The fourth-order valence-electron chi connectivity index (χ4n) is 1.76. The monoisotopic (exact) mass is 207 g/mol. The van der Waals surface area contributed by atoms with Gasteiger partial charge < -0.3 is 5.73 Å². The van der Waals surface area contributed by atoms with Crippen LogP contribution in [0.15, 0.2) is 0 Å². The summed E-state index contributed by atoms with van der Waals surface area (Å²) in [6.07, 6.45) is -2.21. The number of rotatable bonds is 4. The van der Waals surface area contributed by atoms with Crippen molar-refractivity contribution in [3.63, 3.8) is 0 Å². The average molecular weight is 207 g/mol. The van der Waals surface area contributed by atoms with Gasteiger partial charge in [-0.25, -0.2) is 8.78 Å². The molecule has 0 aromatic heterocycles. The van der Waals surface area contributed by atoms with Crippen molar-refractivity contribution in [3.05, 3.63) is 0 Å². The van der Waals surface area contributed by atoms with Gasteiger partial charge in [-0.1, -0.05) is 0 Å². The summed E-state index contributed by atoms with van der Waals surface area (Å²) < 4.78 is 24.1. The number of hydrogen-bond donors (Lipinski definition) is 1. The van der Waals surface area contributed by atoms with Gasteiger partial charge in [0.05, 0.1) is 6.54 Å². The van der Waals surface area contributed by atoms with Crippen molar-refractivity contribution in [2.75, 3.05) is 39.3 Å². The van der Waals surface area contributed by atoms with Crippen LogP contribution in [0.5, 0.6) is 0 Å². The van der Waals surface area contributed by atoms with Gasteiger partial charge in [0.15, 0.2) is 0 Å². The summed E-state index contributed by atoms with van der Waals surface area (Å²) in [5.74, 6) is 0. The number of nitrogens with zero attached hydrogens (tertiary/aromatic N) is 2. The minimum atomic E-state index is -2.21. The molecule has 0 radical (unpaired) electrons. The topological polar surface area (TPSA) is 32.5 Å². The van der Waals surface area contributed by atoms with Gasteiger partial charge in [0.1, 0.15) is 0 Å². The van der Waals surface area contributed by atoms with Gasteiger partial charge in [-0.15, -0.1) is 0 Å². The summed E-state index contributed by atoms with van der Waals surface area (Å²) >= 11 is 0. The molecule has 0 aromatic rings. The van der Waals surface area contributed by atoms with Crippen LogP contribution in [0, 0.1) is 0 Å². The zero-order chi connectivity index (χ0) is 10.6. The van der Waals surface area contributed by atoms with E-state index < -0.39 is 6.43 Å². The zero-order valence-corrected chi connectivity index (χ0v) is 8.63. The van der Waals surface area contributed by atoms with E-state index in [1.54, 1.807) is 0 Å². The number of nitrogens with two attached hydrogens (primary N) is 1. The van der Waals surface area contributed by atoms with Crippen molar-refractivity contribution in [1.29, 1.82) is 0 Å². The SMILES string of the molecule is CC(N)CN1CCN(CC(F)F)CC1. The van der Waals surface area contributed by atoms with E-state index in [1.807, 2.05) is 11.8 Å². The van der Waals surface area contributed by atoms with Crippen LogP contribution in [0.4, 0.5) is 8.78 Å². The van der Waals surface area contributed by atoms with Crippen LogP contribution in [0.25, 0.3) is 0 Å². The Kier molecular flexibility index (Phi) is 4.71. The molecule has 1 aliphatic heterocycles. The molecular weight excluding hydrogens is 188 g/mol. The van der Waals surface area contributed by atoms with E-state index in [2.05, 4.69) is 4.90 Å². The maximum Gasteiger partial charge on any atom is 0.251 e. The van der Waals surface area contributed by atoms with Crippen LogP contribution in [0.1, 0.15) is 6.92 Å². The molecule has 1 unspecified atom stereocenters. The number of piperazine rings is 1. The Morgan fingerprint density at radius 1 is 1.07 bits per heavy atom. The lowest BCUT2D eigenvalue weighted by Gasteiger charge is -2.35. The highest BCUT2D eigenvalue weighted by Gasteiger charge is 2.19. The molecule has 3 nitrogen and oxygen atoms in total. The molecular formula is C9H19F2N3. The molecule has 0 aromatic carbocycles. The number of hydrogen-bond acceptors (Lipinski definition) is 3. The van der Waals surface area contributed by atoms with Crippen LogP contribution in [-0.2, 0) is 0 Å². The van der Waals surface area contributed by atoms with Crippen molar-refractivity contribution in [2.24, 2.45) is 5.73 Å². The van der Waals surface area contributed by atoms with Gasteiger partial charge in [0, 0.05) is 38.8 Å². The molecule has 14 heavy (non-hydrogen) atoms. The van der Waals surface area contributed by atoms with E-state index in [9.17, 15) is 8.78 Å². The number of alkyl halides is 2. The molecule has 1 aliphatic rings. The first-order chi connectivity index (χ1) is 6.58. The zero-order valence-electron chi connectivity index (χ0n) is 8.63. The molecule has 1 heterocycles. The standard InChI is InChI=1S/C9H19F2N3/c1-8(12)6-13-2-4-14(5-3-13)7-9(10)11/h8-9H,2-7,12H2,1H3. The molecule has 1 saturated heterocycles. The molecule has 84 valence electrons. The van der Waals surface area contributed by atoms with E-state index in [4.69, 9.17) is 5.73 Å². The molecule has 0 spiro atoms. The van der Waals surface area contributed by atoms with Gasteiger partial charge in [-0.2, -0.15) is 0 Å². The fraction of sp³-hybridized carbons (Fsp3) is 1.00. The molecule has 1 fully saturated rings. The van der Waals surface area contributed by atoms with E-state index in [0.29, 0.717) is 0 Å². The van der Waals surface area contributed by atoms with E-state index >= 15 is 0 Å². The maximum absolute atomic E-state index is 12.1. The fourth-order valence-corrected chi connectivity index (χ4v) is 1.76. The van der Waals surface area contributed by atoms with Crippen molar-refractivity contribution < 1.29 is 8.78 Å². The summed E-state index contributed by atoms with van der Waals surface area (Å²) in [6, 6.07) is 0.164. The summed E-state index contributed by atoms with van der Waals surface area (Å²) in [5.41, 5.74) is 5.66.